The number of nitrogens with two attached hydrogens (primary N) is 1. The van der Waals surface area contributed by atoms with E-state index in [9.17, 15) is 13.2 Å². The molecule has 1 aliphatic heterocycles. The van der Waals surface area contributed by atoms with Gasteiger partial charge in [0.25, 0.3) is 5.91 Å². The Balaban J connectivity index is 2.20. The van der Waals surface area contributed by atoms with Crippen molar-refractivity contribution >= 4 is 15.9 Å². The lowest BCUT2D eigenvalue weighted by atomic mass is 9.96. The second-order valence-electron chi connectivity index (χ2n) is 7.04. The number of amides is 1. The minimum atomic E-state index is -3.83. The highest BCUT2D eigenvalue weighted by molar-refractivity contribution is 7.89. The molecule has 0 unspecified atom stereocenters. The van der Waals surface area contributed by atoms with Gasteiger partial charge in [0, 0.05) is 11.6 Å². The fraction of sp³-hybridized carbons (Fsp3) is 0.632. The minimum Gasteiger partial charge on any atom is -0.486 e. The molecule has 1 saturated carbocycles. The molecular weight excluding hydrogens is 368 g/mol. The van der Waals surface area contributed by atoms with Crippen LogP contribution in [0, 0.1) is 0 Å². The fourth-order valence-electron chi connectivity index (χ4n) is 4.11. The Bertz CT molecular complexity index is 829. The average Bonchev–Trinajstić information content (AvgIpc) is 2.66. The van der Waals surface area contributed by atoms with Crippen LogP contribution in [0.2, 0.25) is 0 Å². The molecule has 150 valence electrons. The van der Waals surface area contributed by atoms with Crippen LogP contribution in [0.4, 0.5) is 0 Å². The lowest BCUT2D eigenvalue weighted by Gasteiger charge is -2.29. The second kappa shape index (κ2) is 8.06. The zero-order valence-electron chi connectivity index (χ0n) is 16.0. The Morgan fingerprint density at radius 1 is 1.04 bits per heavy atom. The number of benzene rings is 1. The van der Waals surface area contributed by atoms with E-state index in [1.807, 2.05) is 13.8 Å². The molecule has 1 aromatic rings. The predicted octanol–water partition coefficient (Wildman–Crippen LogP) is 2.29. The molecule has 0 bridgehead atoms. The van der Waals surface area contributed by atoms with Crippen LogP contribution in [0.15, 0.2) is 4.90 Å². The van der Waals surface area contributed by atoms with E-state index in [0.29, 0.717) is 42.9 Å². The lowest BCUT2D eigenvalue weighted by molar-refractivity contribution is 0.0987. The van der Waals surface area contributed by atoms with Crippen LogP contribution in [0.3, 0.4) is 0 Å². The Morgan fingerprint density at radius 2 is 1.63 bits per heavy atom. The maximum Gasteiger partial charge on any atom is 0.252 e. The molecule has 0 saturated heterocycles. The van der Waals surface area contributed by atoms with Gasteiger partial charge >= 0.3 is 0 Å². The van der Waals surface area contributed by atoms with E-state index in [1.54, 1.807) is 0 Å². The maximum atomic E-state index is 13.4. The standard InChI is InChI=1S/C19H28N2O5S/c1-3-13-15(19(20)22)17-16(25-10-11-26-17)14(4-2)18(13)27(23,24)21-12-8-6-5-7-9-12/h12,21H,3-11H2,1-2H3,(H2,20,22). The van der Waals surface area contributed by atoms with E-state index in [4.69, 9.17) is 15.2 Å². The van der Waals surface area contributed by atoms with Gasteiger partial charge in [-0.1, -0.05) is 33.1 Å². The average molecular weight is 397 g/mol. The van der Waals surface area contributed by atoms with Gasteiger partial charge in [0.15, 0.2) is 11.5 Å². The summed E-state index contributed by atoms with van der Waals surface area (Å²) in [6, 6.07) is -0.0802. The number of rotatable bonds is 6. The monoisotopic (exact) mass is 396 g/mol. The number of carbonyl (C=O) groups excluding carboxylic acids is 1. The molecule has 3 rings (SSSR count). The third-order valence-corrected chi connectivity index (χ3v) is 6.96. The summed E-state index contributed by atoms with van der Waals surface area (Å²) in [4.78, 5) is 12.3. The van der Waals surface area contributed by atoms with Gasteiger partial charge in [0.2, 0.25) is 10.0 Å². The third kappa shape index (κ3) is 3.78. The fourth-order valence-corrected chi connectivity index (χ4v) is 6.03. The van der Waals surface area contributed by atoms with Crippen molar-refractivity contribution in [1.29, 1.82) is 0 Å². The predicted molar refractivity (Wildman–Crippen MR) is 102 cm³/mol. The van der Waals surface area contributed by atoms with Gasteiger partial charge in [-0.05, 0) is 31.2 Å². The summed E-state index contributed by atoms with van der Waals surface area (Å²) in [6.07, 6.45) is 5.62. The van der Waals surface area contributed by atoms with Gasteiger partial charge in [-0.3, -0.25) is 4.79 Å². The van der Waals surface area contributed by atoms with Gasteiger partial charge in [-0.25, -0.2) is 13.1 Å². The topological polar surface area (TPSA) is 108 Å². The molecule has 1 fully saturated rings. The van der Waals surface area contributed by atoms with Crippen molar-refractivity contribution in [2.45, 2.75) is 69.7 Å². The van der Waals surface area contributed by atoms with Crippen LogP contribution >= 0.6 is 0 Å². The highest BCUT2D eigenvalue weighted by atomic mass is 32.2. The largest absolute Gasteiger partial charge is 0.486 e. The van der Waals surface area contributed by atoms with Gasteiger partial charge in [0.1, 0.15) is 13.2 Å². The number of nitrogens with one attached hydrogen (secondary N) is 1. The van der Waals surface area contributed by atoms with Crippen LogP contribution in [0.25, 0.3) is 0 Å². The molecule has 1 amide bonds. The normalized spacial score (nSPS) is 17.7. The molecule has 3 N–H and O–H groups in total. The van der Waals surface area contributed by atoms with Crippen molar-refractivity contribution in [3.8, 4) is 11.5 Å². The first-order valence-electron chi connectivity index (χ1n) is 9.70. The Morgan fingerprint density at radius 3 is 2.19 bits per heavy atom. The second-order valence-corrected chi connectivity index (χ2v) is 8.69. The highest BCUT2D eigenvalue weighted by Crippen LogP contribution is 2.44. The Hall–Kier alpha value is -1.80. The molecule has 8 heteroatoms. The summed E-state index contributed by atoms with van der Waals surface area (Å²) in [5.74, 6) is -0.0943. The number of ether oxygens (including phenoxy) is 2. The minimum absolute atomic E-state index is 0.0802. The van der Waals surface area contributed by atoms with Crippen molar-refractivity contribution in [1.82, 2.24) is 4.72 Å². The molecule has 1 aliphatic carbocycles. The molecule has 1 heterocycles. The summed E-state index contributed by atoms with van der Waals surface area (Å²) in [5.41, 5.74) is 6.69. The van der Waals surface area contributed by atoms with Gasteiger partial charge in [-0.15, -0.1) is 0 Å². The number of primary amides is 1. The highest BCUT2D eigenvalue weighted by Gasteiger charge is 2.35. The van der Waals surface area contributed by atoms with Crippen molar-refractivity contribution in [2.75, 3.05) is 13.2 Å². The summed E-state index contributed by atoms with van der Waals surface area (Å²) < 4.78 is 41.0. The molecule has 1 aromatic carbocycles. The SMILES string of the molecule is CCc1c2c(c(C(N)=O)c(CC)c1S(=O)(=O)NC1CCCCC1)OCCO2. The van der Waals surface area contributed by atoms with E-state index in [0.717, 1.165) is 32.1 Å². The Kier molecular flexibility index (Phi) is 5.95. The molecular formula is C19H28N2O5S. The van der Waals surface area contributed by atoms with E-state index in [1.165, 1.54) is 0 Å². The first-order chi connectivity index (χ1) is 12.9. The van der Waals surface area contributed by atoms with Crippen molar-refractivity contribution in [3.05, 3.63) is 16.7 Å². The summed E-state index contributed by atoms with van der Waals surface area (Å²) in [6.45, 7) is 4.29. The third-order valence-electron chi connectivity index (χ3n) is 5.28. The zero-order valence-corrected chi connectivity index (χ0v) is 16.8. The molecule has 0 atom stereocenters. The maximum absolute atomic E-state index is 13.4. The Labute approximate surface area is 160 Å². The lowest BCUT2D eigenvalue weighted by Crippen LogP contribution is -2.37. The van der Waals surface area contributed by atoms with Crippen molar-refractivity contribution < 1.29 is 22.7 Å². The molecule has 0 spiro atoms. The summed E-state index contributed by atoms with van der Waals surface area (Å²) >= 11 is 0. The number of hydrogen-bond acceptors (Lipinski definition) is 5. The molecule has 27 heavy (non-hydrogen) atoms. The quantitative estimate of drug-likeness (QED) is 0.767. The van der Waals surface area contributed by atoms with Crippen LogP contribution in [-0.2, 0) is 22.9 Å². The number of hydrogen-bond donors (Lipinski definition) is 2. The molecule has 2 aliphatic rings. The van der Waals surface area contributed by atoms with Gasteiger partial charge in [-0.2, -0.15) is 0 Å². The van der Waals surface area contributed by atoms with Crippen LogP contribution < -0.4 is 19.9 Å². The first-order valence-corrected chi connectivity index (χ1v) is 11.2. The molecule has 0 radical (unpaired) electrons. The van der Waals surface area contributed by atoms with E-state index >= 15 is 0 Å². The number of sulfonamides is 1. The van der Waals surface area contributed by atoms with Gasteiger partial charge in [0.05, 0.1) is 10.5 Å². The van der Waals surface area contributed by atoms with E-state index in [-0.39, 0.29) is 22.3 Å². The number of fused-ring (bicyclic) bond motifs is 1. The van der Waals surface area contributed by atoms with Gasteiger partial charge < -0.3 is 15.2 Å². The van der Waals surface area contributed by atoms with Crippen LogP contribution in [0.5, 0.6) is 11.5 Å². The number of carbonyl (C=O) groups is 1. The van der Waals surface area contributed by atoms with Crippen molar-refractivity contribution in [2.24, 2.45) is 5.73 Å². The van der Waals surface area contributed by atoms with E-state index < -0.39 is 15.9 Å². The first kappa shape index (κ1) is 19.9. The summed E-state index contributed by atoms with van der Waals surface area (Å²) in [5, 5.41) is 0. The smallest absolute Gasteiger partial charge is 0.252 e. The van der Waals surface area contributed by atoms with Crippen molar-refractivity contribution in [3.63, 3.8) is 0 Å². The molecule has 7 nitrogen and oxygen atoms in total. The van der Waals surface area contributed by atoms with E-state index in [2.05, 4.69) is 4.72 Å². The molecule has 0 aromatic heterocycles. The van der Waals surface area contributed by atoms with Crippen LogP contribution in [0.1, 0.15) is 67.4 Å². The van der Waals surface area contributed by atoms with Crippen LogP contribution in [-0.4, -0.2) is 33.6 Å². The summed E-state index contributed by atoms with van der Waals surface area (Å²) in [7, 11) is -3.83. The zero-order chi connectivity index (χ0) is 19.6.